The highest BCUT2D eigenvalue weighted by Crippen LogP contribution is 2.19. The van der Waals surface area contributed by atoms with Gasteiger partial charge in [0, 0.05) is 12.8 Å². The number of amides is 2. The number of nitrogens with one attached hydrogen (secondary N) is 1. The largest absolute Gasteiger partial charge is 0.304 e. The van der Waals surface area contributed by atoms with E-state index >= 15 is 0 Å². The predicted octanol–water partition coefficient (Wildman–Crippen LogP) is 1.85. The lowest BCUT2D eigenvalue weighted by Gasteiger charge is -2.30. The first kappa shape index (κ1) is 19.2. The van der Waals surface area contributed by atoms with E-state index in [1.807, 2.05) is 18.2 Å². The van der Waals surface area contributed by atoms with Crippen LogP contribution in [0.2, 0.25) is 0 Å². The zero-order valence-electron chi connectivity index (χ0n) is 14.6. The van der Waals surface area contributed by atoms with E-state index in [2.05, 4.69) is 29.1 Å². The fourth-order valence-electron chi connectivity index (χ4n) is 2.65. The molecule has 1 heterocycles. The molecule has 0 spiro atoms. The number of carbonyl (C=O) groups excluding carboxylic acids is 2. The molecule has 1 N–H and O–H groups in total. The van der Waals surface area contributed by atoms with Gasteiger partial charge in [-0.25, -0.2) is 0 Å². The molecule has 1 aliphatic rings. The second-order valence-electron chi connectivity index (χ2n) is 5.72. The number of para-hydroxylation sites is 1. The van der Waals surface area contributed by atoms with E-state index < -0.39 is 11.8 Å². The van der Waals surface area contributed by atoms with Crippen LogP contribution in [0.25, 0.3) is 0 Å². The van der Waals surface area contributed by atoms with Crippen LogP contribution in [0.3, 0.4) is 0 Å². The van der Waals surface area contributed by atoms with Gasteiger partial charge in [0.25, 0.3) is 5.91 Å². The smallest absolute Gasteiger partial charge is 0.251 e. The second-order valence-corrected chi connectivity index (χ2v) is 6.10. The van der Waals surface area contributed by atoms with E-state index in [0.29, 0.717) is 12.2 Å². The Balaban J connectivity index is 2.00. The Morgan fingerprint density at radius 2 is 1.92 bits per heavy atom. The van der Waals surface area contributed by atoms with Gasteiger partial charge in [0.05, 0.1) is 5.69 Å². The Hall–Kier alpha value is -2.12. The minimum atomic E-state index is -0.944. The molecule has 1 aromatic rings. The van der Waals surface area contributed by atoms with Crippen LogP contribution in [0.1, 0.15) is 20.3 Å². The molecule has 0 aromatic heterocycles. The third kappa shape index (κ3) is 4.93. The molecule has 1 fully saturated rings. The monoisotopic (exact) mass is 360 g/mol. The summed E-state index contributed by atoms with van der Waals surface area (Å²) in [6.07, 6.45) is 2.33. The second kappa shape index (κ2) is 9.39. The van der Waals surface area contributed by atoms with Crippen molar-refractivity contribution in [1.82, 2.24) is 10.2 Å². The van der Waals surface area contributed by atoms with Crippen molar-refractivity contribution in [2.75, 3.05) is 31.1 Å². The van der Waals surface area contributed by atoms with Crippen molar-refractivity contribution in [2.45, 2.75) is 20.3 Å². The summed E-state index contributed by atoms with van der Waals surface area (Å²) in [6.45, 7) is 7.80. The topological polar surface area (TPSA) is 65.0 Å². The zero-order valence-corrected chi connectivity index (χ0v) is 15.5. The number of hydrogen-bond donors (Lipinski definition) is 1. The predicted molar refractivity (Wildman–Crippen MR) is 104 cm³/mol. The summed E-state index contributed by atoms with van der Waals surface area (Å²) in [5.41, 5.74) is 0.637. The van der Waals surface area contributed by atoms with E-state index in [1.165, 1.54) is 11.1 Å². The lowest BCUT2D eigenvalue weighted by atomic mass is 10.1. The molecule has 1 atom stereocenters. The van der Waals surface area contributed by atoms with E-state index in [4.69, 9.17) is 12.2 Å². The lowest BCUT2D eigenvalue weighted by molar-refractivity contribution is -0.130. The Kier molecular flexibility index (Phi) is 7.21. The van der Waals surface area contributed by atoms with Gasteiger partial charge in [0.2, 0.25) is 5.91 Å². The molecule has 7 heteroatoms. The first-order chi connectivity index (χ1) is 12.1. The maximum Gasteiger partial charge on any atom is 0.251 e. The van der Waals surface area contributed by atoms with Gasteiger partial charge >= 0.3 is 0 Å². The fourth-order valence-corrected chi connectivity index (χ4v) is 2.94. The summed E-state index contributed by atoms with van der Waals surface area (Å²) in [5, 5.41) is 2.69. The molecule has 0 bridgehead atoms. The molecule has 1 aromatic carbocycles. The number of rotatable bonds is 8. The molecule has 0 aliphatic carbocycles. The Morgan fingerprint density at radius 1 is 1.24 bits per heavy atom. The van der Waals surface area contributed by atoms with Gasteiger partial charge in [-0.1, -0.05) is 32.0 Å². The van der Waals surface area contributed by atoms with Gasteiger partial charge in [-0.2, -0.15) is 0 Å². The van der Waals surface area contributed by atoms with Crippen LogP contribution >= 0.6 is 12.2 Å². The van der Waals surface area contributed by atoms with Gasteiger partial charge in [-0.05, 0) is 50.4 Å². The third-order valence-corrected chi connectivity index (χ3v) is 4.41. The quantitative estimate of drug-likeness (QED) is 0.333. The Morgan fingerprint density at radius 3 is 2.56 bits per heavy atom. The molecule has 2 amide bonds. The maximum absolute atomic E-state index is 12.7. The van der Waals surface area contributed by atoms with Crippen molar-refractivity contribution in [1.29, 1.82) is 0 Å². The molecule has 6 nitrogen and oxygen atoms in total. The average Bonchev–Trinajstić information content (AvgIpc) is 2.61. The minimum absolute atomic E-state index is 0.104. The maximum atomic E-state index is 12.7. The number of thiocarbonyl (C=S) groups is 1. The number of carbonyl (C=O) groups is 2. The van der Waals surface area contributed by atoms with Gasteiger partial charge < -0.3 is 10.2 Å². The average molecular weight is 360 g/mol. The number of benzene rings is 1. The number of hydrogen-bond acceptors (Lipinski definition) is 5. The van der Waals surface area contributed by atoms with Crippen molar-refractivity contribution in [3.05, 3.63) is 30.3 Å². The molecule has 0 saturated carbocycles. The lowest BCUT2D eigenvalue weighted by Crippen LogP contribution is -2.58. The van der Waals surface area contributed by atoms with E-state index in [0.717, 1.165) is 26.1 Å². The van der Waals surface area contributed by atoms with Crippen LogP contribution in [0.15, 0.2) is 35.3 Å². The summed E-state index contributed by atoms with van der Waals surface area (Å²) in [7, 11) is 0. The Labute approximate surface area is 153 Å². The Bertz CT molecular complexity index is 644. The highest BCUT2D eigenvalue weighted by molar-refractivity contribution is 7.80. The van der Waals surface area contributed by atoms with E-state index in [1.54, 1.807) is 12.1 Å². The van der Waals surface area contributed by atoms with E-state index in [9.17, 15) is 9.59 Å². The van der Waals surface area contributed by atoms with Crippen LogP contribution < -0.4 is 10.2 Å². The van der Waals surface area contributed by atoms with Crippen molar-refractivity contribution < 1.29 is 9.59 Å². The van der Waals surface area contributed by atoms with Gasteiger partial charge in [-0.15, -0.1) is 0 Å². The highest BCUT2D eigenvalue weighted by Gasteiger charge is 2.38. The summed E-state index contributed by atoms with van der Waals surface area (Å²) in [5.74, 6) is -1.73. The number of aliphatic imine (C=N–C) groups is 1. The van der Waals surface area contributed by atoms with Crippen LogP contribution in [0.4, 0.5) is 5.69 Å². The molecule has 1 unspecified atom stereocenters. The molecular weight excluding hydrogens is 336 g/mol. The standard InChI is InChI=1S/C18H24N4O2S/c1-3-21(4-2)12-8-11-19-13-15-16(23)20-18(25)22(17(15)24)14-9-6-5-7-10-14/h5-7,9-10,13,15H,3-4,8,11-12H2,1-2H3,(H,20,23,25). The molecule has 1 aliphatic heterocycles. The highest BCUT2D eigenvalue weighted by atomic mass is 32.1. The van der Waals surface area contributed by atoms with Crippen molar-refractivity contribution >= 4 is 41.0 Å². The van der Waals surface area contributed by atoms with Crippen LogP contribution in [-0.2, 0) is 9.59 Å². The van der Waals surface area contributed by atoms with Crippen LogP contribution in [-0.4, -0.2) is 54.2 Å². The fraction of sp³-hybridized carbons (Fsp3) is 0.444. The van der Waals surface area contributed by atoms with Gasteiger partial charge in [0.1, 0.15) is 0 Å². The summed E-state index contributed by atoms with van der Waals surface area (Å²) in [6, 6.07) is 9.05. The normalized spacial score (nSPS) is 18.3. The molecule has 25 heavy (non-hydrogen) atoms. The first-order valence-electron chi connectivity index (χ1n) is 8.54. The van der Waals surface area contributed by atoms with Crippen LogP contribution in [0, 0.1) is 5.92 Å². The first-order valence-corrected chi connectivity index (χ1v) is 8.95. The van der Waals surface area contributed by atoms with Crippen LogP contribution in [0.5, 0.6) is 0 Å². The molecular formula is C18H24N4O2S. The van der Waals surface area contributed by atoms with Gasteiger partial charge in [-0.3, -0.25) is 19.5 Å². The molecule has 134 valence electrons. The minimum Gasteiger partial charge on any atom is -0.304 e. The third-order valence-electron chi connectivity index (χ3n) is 4.13. The summed E-state index contributed by atoms with van der Waals surface area (Å²) < 4.78 is 0. The molecule has 1 saturated heterocycles. The van der Waals surface area contributed by atoms with Gasteiger partial charge in [0.15, 0.2) is 11.0 Å². The SMILES string of the molecule is CCN(CC)CCCN=CC1C(=O)NC(=S)N(c2ccccc2)C1=O. The molecule has 0 radical (unpaired) electrons. The zero-order chi connectivity index (χ0) is 18.2. The van der Waals surface area contributed by atoms with E-state index in [-0.39, 0.29) is 11.0 Å². The number of nitrogens with zero attached hydrogens (tertiary/aromatic N) is 3. The van der Waals surface area contributed by atoms with Crippen molar-refractivity contribution in [2.24, 2.45) is 10.9 Å². The molecule has 2 rings (SSSR count). The number of anilines is 1. The summed E-state index contributed by atoms with van der Waals surface area (Å²) >= 11 is 5.15. The van der Waals surface area contributed by atoms with Crippen molar-refractivity contribution in [3.8, 4) is 0 Å². The van der Waals surface area contributed by atoms with Crippen molar-refractivity contribution in [3.63, 3.8) is 0 Å². The summed E-state index contributed by atoms with van der Waals surface area (Å²) in [4.78, 5) is 32.7.